The lowest BCUT2D eigenvalue weighted by atomic mass is 9.90. The Labute approximate surface area is 112 Å². The monoisotopic (exact) mass is 258 g/mol. The van der Waals surface area contributed by atoms with E-state index >= 15 is 0 Å². The van der Waals surface area contributed by atoms with Gasteiger partial charge in [0, 0.05) is 18.1 Å². The SMILES string of the molecule is OC(c1cn[nH]c1-c1ccccc1)C1CCCOC1. The van der Waals surface area contributed by atoms with Crippen molar-refractivity contribution in [1.29, 1.82) is 0 Å². The van der Waals surface area contributed by atoms with Crippen molar-refractivity contribution in [2.45, 2.75) is 18.9 Å². The number of nitrogens with zero attached hydrogens (tertiary/aromatic N) is 1. The molecule has 1 aliphatic heterocycles. The number of nitrogens with one attached hydrogen (secondary N) is 1. The van der Waals surface area contributed by atoms with E-state index in [1.165, 1.54) is 0 Å². The van der Waals surface area contributed by atoms with E-state index in [4.69, 9.17) is 4.74 Å². The van der Waals surface area contributed by atoms with Crippen LogP contribution in [0, 0.1) is 5.92 Å². The van der Waals surface area contributed by atoms with E-state index in [1.807, 2.05) is 30.3 Å². The normalized spacial score (nSPS) is 21.2. The topological polar surface area (TPSA) is 58.1 Å². The summed E-state index contributed by atoms with van der Waals surface area (Å²) in [5, 5.41) is 17.6. The molecule has 0 aliphatic carbocycles. The molecular formula is C15H18N2O2. The van der Waals surface area contributed by atoms with Gasteiger partial charge in [-0.2, -0.15) is 5.10 Å². The molecule has 0 amide bonds. The molecule has 0 spiro atoms. The Morgan fingerprint density at radius 3 is 2.89 bits per heavy atom. The van der Waals surface area contributed by atoms with Crippen molar-refractivity contribution < 1.29 is 9.84 Å². The van der Waals surface area contributed by atoms with E-state index in [-0.39, 0.29) is 5.92 Å². The number of ether oxygens (including phenoxy) is 1. The fourth-order valence-corrected chi connectivity index (χ4v) is 2.62. The molecule has 1 aliphatic rings. The van der Waals surface area contributed by atoms with Crippen LogP contribution >= 0.6 is 0 Å². The van der Waals surface area contributed by atoms with Crippen LogP contribution in [0.15, 0.2) is 36.5 Å². The zero-order valence-corrected chi connectivity index (χ0v) is 10.7. The molecule has 2 N–H and O–H groups in total. The Hall–Kier alpha value is -1.65. The molecule has 2 aromatic rings. The van der Waals surface area contributed by atoms with Crippen LogP contribution in [0.1, 0.15) is 24.5 Å². The fourth-order valence-electron chi connectivity index (χ4n) is 2.62. The second-order valence-electron chi connectivity index (χ2n) is 4.99. The van der Waals surface area contributed by atoms with Crippen LogP contribution in [0.3, 0.4) is 0 Å². The van der Waals surface area contributed by atoms with Crippen molar-refractivity contribution in [3.8, 4) is 11.3 Å². The van der Waals surface area contributed by atoms with Crippen molar-refractivity contribution in [1.82, 2.24) is 10.2 Å². The Morgan fingerprint density at radius 2 is 2.16 bits per heavy atom. The second-order valence-corrected chi connectivity index (χ2v) is 4.99. The molecule has 100 valence electrons. The summed E-state index contributed by atoms with van der Waals surface area (Å²) < 4.78 is 5.46. The first-order valence-electron chi connectivity index (χ1n) is 6.71. The van der Waals surface area contributed by atoms with Crippen LogP contribution in [-0.2, 0) is 4.74 Å². The molecule has 1 aromatic carbocycles. The summed E-state index contributed by atoms with van der Waals surface area (Å²) in [5.41, 5.74) is 2.81. The summed E-state index contributed by atoms with van der Waals surface area (Å²) in [4.78, 5) is 0. The Kier molecular flexibility index (Phi) is 3.62. The lowest BCUT2D eigenvalue weighted by Gasteiger charge is -2.26. The quantitative estimate of drug-likeness (QED) is 0.889. The summed E-state index contributed by atoms with van der Waals surface area (Å²) in [6, 6.07) is 9.97. The lowest BCUT2D eigenvalue weighted by molar-refractivity contribution is -0.00974. The van der Waals surface area contributed by atoms with Crippen molar-refractivity contribution in [2.24, 2.45) is 5.92 Å². The van der Waals surface area contributed by atoms with E-state index in [2.05, 4.69) is 10.2 Å². The third kappa shape index (κ3) is 2.55. The van der Waals surface area contributed by atoms with Crippen LogP contribution in [0.2, 0.25) is 0 Å². The predicted octanol–water partition coefficient (Wildman–Crippen LogP) is 2.54. The Morgan fingerprint density at radius 1 is 1.32 bits per heavy atom. The second kappa shape index (κ2) is 5.55. The molecule has 2 atom stereocenters. The summed E-state index contributed by atoms with van der Waals surface area (Å²) in [5.74, 6) is 0.161. The van der Waals surface area contributed by atoms with Gasteiger partial charge in [-0.25, -0.2) is 0 Å². The average Bonchev–Trinajstić information content (AvgIpc) is 2.98. The number of benzene rings is 1. The molecule has 2 heterocycles. The number of hydrogen-bond donors (Lipinski definition) is 2. The summed E-state index contributed by atoms with van der Waals surface area (Å²) >= 11 is 0. The van der Waals surface area contributed by atoms with Crippen molar-refractivity contribution >= 4 is 0 Å². The van der Waals surface area contributed by atoms with Crippen LogP contribution in [-0.4, -0.2) is 28.5 Å². The van der Waals surface area contributed by atoms with E-state index in [1.54, 1.807) is 6.20 Å². The minimum atomic E-state index is -0.519. The number of aliphatic hydroxyl groups excluding tert-OH is 1. The highest BCUT2D eigenvalue weighted by atomic mass is 16.5. The van der Waals surface area contributed by atoms with Crippen LogP contribution in [0.5, 0.6) is 0 Å². The van der Waals surface area contributed by atoms with E-state index in [0.717, 1.165) is 36.3 Å². The highest BCUT2D eigenvalue weighted by molar-refractivity contribution is 5.62. The number of rotatable bonds is 3. The number of aromatic amines is 1. The highest BCUT2D eigenvalue weighted by Gasteiger charge is 2.26. The molecule has 0 saturated carbocycles. The minimum Gasteiger partial charge on any atom is -0.388 e. The van der Waals surface area contributed by atoms with E-state index in [0.29, 0.717) is 6.61 Å². The van der Waals surface area contributed by atoms with Crippen molar-refractivity contribution in [3.05, 3.63) is 42.1 Å². The standard InChI is InChI=1S/C15H18N2O2/c18-15(12-7-4-8-19-10-12)13-9-16-17-14(13)11-5-2-1-3-6-11/h1-3,5-6,9,12,15,18H,4,7-8,10H2,(H,16,17). The van der Waals surface area contributed by atoms with Gasteiger partial charge in [-0.05, 0) is 18.4 Å². The number of aliphatic hydroxyl groups is 1. The molecule has 4 nitrogen and oxygen atoms in total. The predicted molar refractivity (Wildman–Crippen MR) is 72.5 cm³/mol. The largest absolute Gasteiger partial charge is 0.388 e. The first kappa shape index (κ1) is 12.4. The van der Waals surface area contributed by atoms with Crippen LogP contribution in [0.25, 0.3) is 11.3 Å². The molecule has 19 heavy (non-hydrogen) atoms. The summed E-state index contributed by atoms with van der Waals surface area (Å²) in [7, 11) is 0. The molecular weight excluding hydrogens is 240 g/mol. The first-order chi connectivity index (χ1) is 9.36. The minimum absolute atomic E-state index is 0.161. The zero-order chi connectivity index (χ0) is 13.1. The Bertz CT molecular complexity index is 518. The number of H-pyrrole nitrogens is 1. The van der Waals surface area contributed by atoms with Gasteiger partial charge < -0.3 is 9.84 Å². The third-order valence-corrected chi connectivity index (χ3v) is 3.69. The molecule has 0 radical (unpaired) electrons. The van der Waals surface area contributed by atoms with Crippen LogP contribution < -0.4 is 0 Å². The summed E-state index contributed by atoms with van der Waals surface area (Å²) in [6.45, 7) is 1.43. The van der Waals surface area contributed by atoms with E-state index in [9.17, 15) is 5.11 Å². The maximum absolute atomic E-state index is 10.5. The van der Waals surface area contributed by atoms with Gasteiger partial charge in [-0.3, -0.25) is 5.10 Å². The van der Waals surface area contributed by atoms with Gasteiger partial charge in [0.05, 0.1) is 24.6 Å². The van der Waals surface area contributed by atoms with Gasteiger partial charge in [-0.15, -0.1) is 0 Å². The molecule has 3 rings (SSSR count). The Balaban J connectivity index is 1.87. The van der Waals surface area contributed by atoms with Gasteiger partial charge >= 0.3 is 0 Å². The van der Waals surface area contributed by atoms with Gasteiger partial charge in [0.25, 0.3) is 0 Å². The molecule has 1 saturated heterocycles. The summed E-state index contributed by atoms with van der Waals surface area (Å²) in [6.07, 6.45) is 3.22. The maximum Gasteiger partial charge on any atom is 0.0876 e. The van der Waals surface area contributed by atoms with E-state index < -0.39 is 6.10 Å². The number of hydrogen-bond acceptors (Lipinski definition) is 3. The maximum atomic E-state index is 10.5. The van der Waals surface area contributed by atoms with Crippen molar-refractivity contribution in [2.75, 3.05) is 13.2 Å². The molecule has 1 fully saturated rings. The van der Waals surface area contributed by atoms with Crippen molar-refractivity contribution in [3.63, 3.8) is 0 Å². The van der Waals surface area contributed by atoms with Gasteiger partial charge in [0.2, 0.25) is 0 Å². The van der Waals surface area contributed by atoms with Gasteiger partial charge in [0.15, 0.2) is 0 Å². The molecule has 1 aromatic heterocycles. The third-order valence-electron chi connectivity index (χ3n) is 3.69. The smallest absolute Gasteiger partial charge is 0.0876 e. The zero-order valence-electron chi connectivity index (χ0n) is 10.7. The molecule has 2 unspecified atom stereocenters. The van der Waals surface area contributed by atoms with Crippen LogP contribution in [0.4, 0.5) is 0 Å². The highest BCUT2D eigenvalue weighted by Crippen LogP contribution is 2.33. The molecule has 4 heteroatoms. The van der Waals surface area contributed by atoms with Gasteiger partial charge in [0.1, 0.15) is 0 Å². The average molecular weight is 258 g/mol. The number of aromatic nitrogens is 2. The lowest BCUT2D eigenvalue weighted by Crippen LogP contribution is -2.23. The molecule has 0 bridgehead atoms. The van der Waals surface area contributed by atoms with Gasteiger partial charge in [-0.1, -0.05) is 30.3 Å². The first-order valence-corrected chi connectivity index (χ1v) is 6.71. The fraction of sp³-hybridized carbons (Fsp3) is 0.400.